The molecule has 1 aromatic heterocycles. The number of aromatic carboxylic acids is 1. The van der Waals surface area contributed by atoms with Crippen molar-refractivity contribution in [2.75, 3.05) is 10.6 Å². The molecule has 9 nitrogen and oxygen atoms in total. The number of carbonyl (C=O) groups is 1. The van der Waals surface area contributed by atoms with Crippen LogP contribution in [0.15, 0.2) is 54.9 Å². The Morgan fingerprint density at radius 3 is 2.22 bits per heavy atom. The second-order valence-electron chi connectivity index (χ2n) is 5.32. The molecular weight excluding hydrogens is 374 g/mol. The molecule has 0 spiro atoms. The number of carboxylic acids is 1. The van der Waals surface area contributed by atoms with E-state index >= 15 is 0 Å². The van der Waals surface area contributed by atoms with Gasteiger partial charge in [0.2, 0.25) is 11.6 Å². The summed E-state index contributed by atoms with van der Waals surface area (Å²) in [4.78, 5) is 29.7. The molecule has 0 aliphatic heterocycles. The van der Waals surface area contributed by atoms with Gasteiger partial charge < -0.3 is 15.7 Å². The summed E-state index contributed by atoms with van der Waals surface area (Å²) in [5, 5.41) is 26.6. The quantitative estimate of drug-likeness (QED) is 0.424. The summed E-state index contributed by atoms with van der Waals surface area (Å²) in [6.45, 7) is 0. The molecule has 0 aliphatic rings. The van der Waals surface area contributed by atoms with Crippen LogP contribution in [-0.2, 0) is 0 Å². The highest BCUT2D eigenvalue weighted by Gasteiger charge is 2.23. The van der Waals surface area contributed by atoms with Crippen molar-refractivity contribution in [2.24, 2.45) is 0 Å². The fourth-order valence-electron chi connectivity index (χ4n) is 2.27. The van der Waals surface area contributed by atoms with Gasteiger partial charge in [0.05, 0.1) is 10.5 Å². The van der Waals surface area contributed by atoms with Gasteiger partial charge in [-0.2, -0.15) is 0 Å². The first-order valence-corrected chi connectivity index (χ1v) is 7.94. The van der Waals surface area contributed by atoms with E-state index in [9.17, 15) is 14.9 Å². The van der Waals surface area contributed by atoms with Crippen molar-refractivity contribution in [3.63, 3.8) is 0 Å². The lowest BCUT2D eigenvalue weighted by molar-refractivity contribution is -0.383. The maximum Gasteiger partial charge on any atom is 0.353 e. The second-order valence-corrected chi connectivity index (χ2v) is 5.76. The average Bonchev–Trinajstić information content (AvgIpc) is 2.62. The predicted molar refractivity (Wildman–Crippen MR) is 100 cm³/mol. The topological polar surface area (TPSA) is 130 Å². The number of benzene rings is 2. The minimum atomic E-state index is -1.07. The normalized spacial score (nSPS) is 10.3. The molecule has 1 heterocycles. The van der Waals surface area contributed by atoms with Crippen LogP contribution in [0.5, 0.6) is 0 Å². The molecule has 0 saturated carbocycles. The SMILES string of the molecule is O=C(O)c1ccc(Nc2ncnc(Nc3cccc(Cl)c3)c2[N+](=O)[O-])cc1. The van der Waals surface area contributed by atoms with E-state index in [0.717, 1.165) is 0 Å². The van der Waals surface area contributed by atoms with Gasteiger partial charge in [0.15, 0.2) is 0 Å². The van der Waals surface area contributed by atoms with Crippen molar-refractivity contribution >= 4 is 46.3 Å². The molecule has 136 valence electrons. The average molecular weight is 386 g/mol. The van der Waals surface area contributed by atoms with Crippen molar-refractivity contribution < 1.29 is 14.8 Å². The lowest BCUT2D eigenvalue weighted by atomic mass is 10.2. The molecule has 0 saturated heterocycles. The number of carboxylic acid groups (broad SMARTS) is 1. The van der Waals surface area contributed by atoms with Crippen LogP contribution in [0.1, 0.15) is 10.4 Å². The smallest absolute Gasteiger partial charge is 0.353 e. The number of aromatic nitrogens is 2. The Morgan fingerprint density at radius 1 is 1.04 bits per heavy atom. The molecule has 3 aromatic rings. The third-order valence-electron chi connectivity index (χ3n) is 3.49. The van der Waals surface area contributed by atoms with Crippen LogP contribution in [0.3, 0.4) is 0 Å². The van der Waals surface area contributed by atoms with Crippen LogP contribution in [0.4, 0.5) is 28.7 Å². The molecule has 0 atom stereocenters. The first-order valence-electron chi connectivity index (χ1n) is 7.56. The lowest BCUT2D eigenvalue weighted by Crippen LogP contribution is -2.05. The van der Waals surface area contributed by atoms with E-state index in [1.165, 1.54) is 30.6 Å². The van der Waals surface area contributed by atoms with Gasteiger partial charge in [-0.25, -0.2) is 14.8 Å². The van der Waals surface area contributed by atoms with Gasteiger partial charge >= 0.3 is 11.7 Å². The van der Waals surface area contributed by atoms with Crippen molar-refractivity contribution in [1.82, 2.24) is 9.97 Å². The number of halogens is 1. The number of hydrogen-bond donors (Lipinski definition) is 3. The van der Waals surface area contributed by atoms with Gasteiger partial charge in [-0.3, -0.25) is 10.1 Å². The second kappa shape index (κ2) is 7.67. The first-order chi connectivity index (χ1) is 12.9. The molecule has 10 heteroatoms. The van der Waals surface area contributed by atoms with Crippen LogP contribution in [0.25, 0.3) is 0 Å². The van der Waals surface area contributed by atoms with Crippen molar-refractivity contribution in [3.8, 4) is 0 Å². The zero-order valence-corrected chi connectivity index (χ0v) is 14.3. The highest BCUT2D eigenvalue weighted by molar-refractivity contribution is 6.30. The Morgan fingerprint density at radius 2 is 1.67 bits per heavy atom. The van der Waals surface area contributed by atoms with Crippen LogP contribution >= 0.6 is 11.6 Å². The lowest BCUT2D eigenvalue weighted by Gasteiger charge is -2.10. The molecule has 0 fully saturated rings. The van der Waals surface area contributed by atoms with Crippen LogP contribution in [-0.4, -0.2) is 26.0 Å². The van der Waals surface area contributed by atoms with Gasteiger partial charge in [-0.1, -0.05) is 17.7 Å². The number of hydrogen-bond acceptors (Lipinski definition) is 7. The Labute approximate surface area is 157 Å². The Kier molecular flexibility index (Phi) is 5.13. The maximum absolute atomic E-state index is 11.6. The van der Waals surface area contributed by atoms with E-state index in [0.29, 0.717) is 16.4 Å². The summed E-state index contributed by atoms with van der Waals surface area (Å²) in [5.74, 6) is -1.12. The Balaban J connectivity index is 1.93. The highest BCUT2D eigenvalue weighted by atomic mass is 35.5. The van der Waals surface area contributed by atoms with Gasteiger partial charge in [-0.05, 0) is 42.5 Å². The van der Waals surface area contributed by atoms with Gasteiger partial charge in [0.25, 0.3) is 0 Å². The van der Waals surface area contributed by atoms with E-state index in [1.807, 2.05) is 0 Å². The fourth-order valence-corrected chi connectivity index (χ4v) is 2.46. The van der Waals surface area contributed by atoms with Gasteiger partial charge in [0.1, 0.15) is 6.33 Å². The van der Waals surface area contributed by atoms with Crippen LogP contribution in [0, 0.1) is 10.1 Å². The van der Waals surface area contributed by atoms with E-state index in [4.69, 9.17) is 16.7 Å². The number of nitro groups is 1. The van der Waals surface area contributed by atoms with Crippen molar-refractivity contribution in [2.45, 2.75) is 0 Å². The van der Waals surface area contributed by atoms with Crippen LogP contribution < -0.4 is 10.6 Å². The molecule has 0 bridgehead atoms. The minimum Gasteiger partial charge on any atom is -0.478 e. The molecule has 3 rings (SSSR count). The molecule has 2 aromatic carbocycles. The Bertz CT molecular complexity index is 1010. The number of rotatable bonds is 6. The number of anilines is 4. The highest BCUT2D eigenvalue weighted by Crippen LogP contribution is 2.33. The fraction of sp³-hybridized carbons (Fsp3) is 0. The number of nitrogens with zero attached hydrogens (tertiary/aromatic N) is 3. The molecule has 0 radical (unpaired) electrons. The molecule has 0 aliphatic carbocycles. The Hall–Kier alpha value is -3.72. The number of nitrogens with one attached hydrogen (secondary N) is 2. The third-order valence-corrected chi connectivity index (χ3v) is 3.72. The van der Waals surface area contributed by atoms with E-state index < -0.39 is 10.9 Å². The summed E-state index contributed by atoms with van der Waals surface area (Å²) >= 11 is 5.93. The van der Waals surface area contributed by atoms with E-state index in [2.05, 4.69) is 20.6 Å². The molecule has 0 amide bonds. The molecule has 0 unspecified atom stereocenters. The summed E-state index contributed by atoms with van der Waals surface area (Å²) in [5.41, 5.74) is 0.706. The monoisotopic (exact) mass is 385 g/mol. The van der Waals surface area contributed by atoms with Crippen molar-refractivity contribution in [1.29, 1.82) is 0 Å². The zero-order chi connectivity index (χ0) is 19.4. The van der Waals surface area contributed by atoms with Gasteiger partial charge in [0, 0.05) is 16.4 Å². The maximum atomic E-state index is 11.6. The molecule has 27 heavy (non-hydrogen) atoms. The van der Waals surface area contributed by atoms with Crippen molar-refractivity contribution in [3.05, 3.63) is 75.6 Å². The standard InChI is InChI=1S/C17H12ClN5O4/c18-11-2-1-3-13(8-11)22-16-14(23(26)27)15(19-9-20-16)21-12-6-4-10(5-7-12)17(24)25/h1-9H,(H,24,25)(H2,19,20,21,22). The predicted octanol–water partition coefficient (Wildman–Crippen LogP) is 4.22. The van der Waals surface area contributed by atoms with E-state index in [-0.39, 0.29) is 22.9 Å². The van der Waals surface area contributed by atoms with Gasteiger partial charge in [-0.15, -0.1) is 0 Å². The third kappa shape index (κ3) is 4.28. The molecular formula is C17H12ClN5O4. The zero-order valence-electron chi connectivity index (χ0n) is 13.6. The summed E-state index contributed by atoms with van der Waals surface area (Å²) in [6, 6.07) is 12.4. The summed E-state index contributed by atoms with van der Waals surface area (Å²) < 4.78 is 0. The largest absolute Gasteiger partial charge is 0.478 e. The summed E-state index contributed by atoms with van der Waals surface area (Å²) in [6.07, 6.45) is 1.17. The molecule has 3 N–H and O–H groups in total. The first kappa shape index (κ1) is 18.1. The summed E-state index contributed by atoms with van der Waals surface area (Å²) in [7, 11) is 0. The van der Waals surface area contributed by atoms with E-state index in [1.54, 1.807) is 24.3 Å². The minimum absolute atomic E-state index is 0.0121. The van der Waals surface area contributed by atoms with Crippen LogP contribution in [0.2, 0.25) is 5.02 Å².